The van der Waals surface area contributed by atoms with E-state index in [1.807, 2.05) is 0 Å². The van der Waals surface area contributed by atoms with Crippen LogP contribution in [0.3, 0.4) is 0 Å². The molecular formula is C6H12O5S. The lowest BCUT2D eigenvalue weighted by Crippen LogP contribution is -2.53. The Hall–Kier alpha value is 0.150. The highest BCUT2D eigenvalue weighted by Gasteiger charge is 2.42. The van der Waals surface area contributed by atoms with Crippen molar-refractivity contribution in [1.82, 2.24) is 0 Å². The van der Waals surface area contributed by atoms with Crippen LogP contribution >= 0.6 is 11.8 Å². The fourth-order valence-corrected chi connectivity index (χ4v) is 2.17. The van der Waals surface area contributed by atoms with E-state index in [1.54, 1.807) is 0 Å². The first-order valence-electron chi connectivity index (χ1n) is 3.56. The second-order valence-electron chi connectivity index (χ2n) is 2.72. The Balaban J connectivity index is 2.63. The minimum absolute atomic E-state index is 0.341. The average Bonchev–Trinajstić information content (AvgIpc) is 2.08. The summed E-state index contributed by atoms with van der Waals surface area (Å²) in [5.41, 5.74) is -1.15. The van der Waals surface area contributed by atoms with Gasteiger partial charge in [0, 0.05) is 0 Å². The van der Waals surface area contributed by atoms with E-state index in [0.717, 1.165) is 11.8 Å². The molecule has 1 rings (SSSR count). The Morgan fingerprint density at radius 2 is 1.50 bits per heavy atom. The smallest absolute Gasteiger partial charge is 0.128 e. The zero-order valence-corrected chi connectivity index (χ0v) is 7.05. The summed E-state index contributed by atoms with van der Waals surface area (Å²) < 4.78 is 0. The summed E-state index contributed by atoms with van der Waals surface area (Å²) in [6, 6.07) is 0. The molecule has 1 saturated heterocycles. The van der Waals surface area contributed by atoms with Gasteiger partial charge in [0.1, 0.15) is 17.6 Å². The second-order valence-corrected chi connectivity index (χ2v) is 4.08. The molecule has 1 unspecified atom stereocenters. The van der Waals surface area contributed by atoms with Gasteiger partial charge < -0.3 is 25.5 Å². The Kier molecular flexibility index (Phi) is 3.33. The van der Waals surface area contributed by atoms with Gasteiger partial charge in [-0.25, -0.2) is 0 Å². The highest BCUT2D eigenvalue weighted by atomic mass is 32.2. The van der Waals surface area contributed by atoms with Gasteiger partial charge in [-0.2, -0.15) is 0 Å². The van der Waals surface area contributed by atoms with E-state index in [2.05, 4.69) is 0 Å². The monoisotopic (exact) mass is 196 g/mol. The van der Waals surface area contributed by atoms with Crippen molar-refractivity contribution < 1.29 is 25.5 Å². The molecule has 1 aliphatic heterocycles. The van der Waals surface area contributed by atoms with Gasteiger partial charge in [-0.1, -0.05) is 0 Å². The molecule has 0 aromatic rings. The molecule has 0 aliphatic carbocycles. The second kappa shape index (κ2) is 3.91. The molecule has 12 heavy (non-hydrogen) atoms. The zero-order valence-electron chi connectivity index (χ0n) is 6.24. The quantitative estimate of drug-likeness (QED) is 0.318. The van der Waals surface area contributed by atoms with E-state index in [0.29, 0.717) is 0 Å². The molecule has 0 aromatic heterocycles. The lowest BCUT2D eigenvalue weighted by atomic mass is 10.0. The standard InChI is InChI=1S/C6H12O5S/c7-1-2-3(8)4(9)5(10)6(11)12-2/h2-11H,1H2/t2-,3-,4-,5-,6?/m1/s1. The third kappa shape index (κ3) is 1.73. The highest BCUT2D eigenvalue weighted by Crippen LogP contribution is 2.30. The predicted molar refractivity (Wildman–Crippen MR) is 42.5 cm³/mol. The Bertz CT molecular complexity index is 150. The van der Waals surface area contributed by atoms with Crippen molar-refractivity contribution in [3.05, 3.63) is 0 Å². The van der Waals surface area contributed by atoms with E-state index >= 15 is 0 Å². The van der Waals surface area contributed by atoms with E-state index < -0.39 is 29.0 Å². The largest absolute Gasteiger partial charge is 0.395 e. The normalized spacial score (nSPS) is 49.2. The lowest BCUT2D eigenvalue weighted by Gasteiger charge is -2.36. The molecule has 72 valence electrons. The average molecular weight is 196 g/mol. The Labute approximate surface area is 73.7 Å². The summed E-state index contributed by atoms with van der Waals surface area (Å²) in [7, 11) is 0. The molecule has 6 heteroatoms. The van der Waals surface area contributed by atoms with Crippen LogP contribution in [0.1, 0.15) is 0 Å². The summed E-state index contributed by atoms with van der Waals surface area (Å²) in [5.74, 6) is 0. The van der Waals surface area contributed by atoms with Crippen molar-refractivity contribution in [2.45, 2.75) is 29.0 Å². The predicted octanol–water partition coefficient (Wildman–Crippen LogP) is -2.50. The van der Waals surface area contributed by atoms with Gasteiger partial charge in [-0.05, 0) is 0 Å². The molecule has 0 spiro atoms. The third-order valence-corrected chi connectivity index (χ3v) is 3.20. The molecule has 1 heterocycles. The topological polar surface area (TPSA) is 101 Å². The van der Waals surface area contributed by atoms with Crippen molar-refractivity contribution in [1.29, 1.82) is 0 Å². The van der Waals surface area contributed by atoms with Crippen LogP contribution in [0.4, 0.5) is 0 Å². The fourth-order valence-electron chi connectivity index (χ4n) is 1.08. The van der Waals surface area contributed by atoms with Crippen LogP contribution in [0, 0.1) is 0 Å². The van der Waals surface area contributed by atoms with Gasteiger partial charge in [-0.3, -0.25) is 0 Å². The van der Waals surface area contributed by atoms with E-state index in [1.165, 1.54) is 0 Å². The number of hydrogen-bond acceptors (Lipinski definition) is 6. The maximum atomic E-state index is 9.22. The van der Waals surface area contributed by atoms with Gasteiger partial charge in [0.25, 0.3) is 0 Å². The van der Waals surface area contributed by atoms with Crippen molar-refractivity contribution in [3.63, 3.8) is 0 Å². The van der Waals surface area contributed by atoms with Crippen LogP contribution in [-0.2, 0) is 0 Å². The molecule has 5 nitrogen and oxygen atoms in total. The Morgan fingerprint density at radius 1 is 0.917 bits per heavy atom. The molecule has 5 N–H and O–H groups in total. The molecule has 1 aliphatic rings. The van der Waals surface area contributed by atoms with Crippen molar-refractivity contribution in [2.24, 2.45) is 0 Å². The summed E-state index contributed by atoms with van der Waals surface area (Å²) in [5, 5.41) is 44.6. The summed E-state index contributed by atoms with van der Waals surface area (Å²) in [6.07, 6.45) is -3.94. The lowest BCUT2D eigenvalue weighted by molar-refractivity contribution is -0.0953. The van der Waals surface area contributed by atoms with Crippen molar-refractivity contribution in [2.75, 3.05) is 6.61 Å². The van der Waals surface area contributed by atoms with Crippen LogP contribution in [-0.4, -0.2) is 61.1 Å². The van der Waals surface area contributed by atoms with Gasteiger partial charge in [-0.15, -0.1) is 11.8 Å². The molecular weight excluding hydrogens is 184 g/mol. The van der Waals surface area contributed by atoms with Gasteiger partial charge in [0.2, 0.25) is 0 Å². The van der Waals surface area contributed by atoms with Crippen LogP contribution in [0.2, 0.25) is 0 Å². The molecule has 0 bridgehead atoms. The SMILES string of the molecule is OC[C@H]1SC(O)[C@H](O)[C@H](O)[C@@H]1O. The molecule has 0 aromatic carbocycles. The first-order valence-corrected chi connectivity index (χ1v) is 4.50. The number of thioether (sulfide) groups is 1. The first-order chi connectivity index (χ1) is 5.57. The maximum Gasteiger partial charge on any atom is 0.128 e. The fraction of sp³-hybridized carbons (Fsp3) is 1.00. The molecule has 1 fully saturated rings. The number of aliphatic hydroxyl groups is 5. The van der Waals surface area contributed by atoms with Crippen LogP contribution < -0.4 is 0 Å². The number of hydrogen-bond donors (Lipinski definition) is 5. The molecule has 5 atom stereocenters. The highest BCUT2D eigenvalue weighted by molar-refractivity contribution is 8.00. The molecule has 0 saturated carbocycles. The zero-order chi connectivity index (χ0) is 9.30. The number of rotatable bonds is 1. The minimum atomic E-state index is -1.39. The van der Waals surface area contributed by atoms with Crippen LogP contribution in [0.25, 0.3) is 0 Å². The Morgan fingerprint density at radius 3 is 2.00 bits per heavy atom. The maximum absolute atomic E-state index is 9.22. The van der Waals surface area contributed by atoms with E-state index in [9.17, 15) is 5.11 Å². The number of aliphatic hydroxyl groups excluding tert-OH is 5. The van der Waals surface area contributed by atoms with E-state index in [-0.39, 0.29) is 6.61 Å². The summed E-state index contributed by atoms with van der Waals surface area (Å²) >= 11 is 0.852. The minimum Gasteiger partial charge on any atom is -0.395 e. The summed E-state index contributed by atoms with van der Waals surface area (Å²) in [6.45, 7) is -0.341. The van der Waals surface area contributed by atoms with Gasteiger partial charge in [0.15, 0.2) is 0 Å². The first kappa shape index (κ1) is 10.2. The van der Waals surface area contributed by atoms with Gasteiger partial charge >= 0.3 is 0 Å². The van der Waals surface area contributed by atoms with Crippen molar-refractivity contribution >= 4 is 11.8 Å². The van der Waals surface area contributed by atoms with Crippen LogP contribution in [0.15, 0.2) is 0 Å². The molecule has 0 amide bonds. The van der Waals surface area contributed by atoms with Crippen LogP contribution in [0.5, 0.6) is 0 Å². The molecule has 0 radical (unpaired) electrons. The summed E-state index contributed by atoms with van der Waals surface area (Å²) in [4.78, 5) is 0. The van der Waals surface area contributed by atoms with Crippen molar-refractivity contribution in [3.8, 4) is 0 Å². The van der Waals surface area contributed by atoms with Gasteiger partial charge in [0.05, 0.1) is 18.0 Å². The third-order valence-electron chi connectivity index (χ3n) is 1.87. The van der Waals surface area contributed by atoms with E-state index in [4.69, 9.17) is 20.4 Å².